The number of aromatic amines is 1. The predicted octanol–water partition coefficient (Wildman–Crippen LogP) is 3.31. The molecule has 0 aliphatic heterocycles. The van der Waals surface area contributed by atoms with Crippen LogP contribution in [0.15, 0.2) is 47.6 Å². The highest BCUT2D eigenvalue weighted by atomic mass is 19.4. The van der Waals surface area contributed by atoms with E-state index in [1.807, 2.05) is 22.9 Å². The number of aliphatic imine (C=N–C) groups is 1. The van der Waals surface area contributed by atoms with Crippen molar-refractivity contribution in [2.75, 3.05) is 13.7 Å². The van der Waals surface area contributed by atoms with E-state index in [-0.39, 0.29) is 5.75 Å². The van der Waals surface area contributed by atoms with Crippen molar-refractivity contribution >= 4 is 6.21 Å². The van der Waals surface area contributed by atoms with E-state index in [9.17, 15) is 13.2 Å². The fourth-order valence-corrected chi connectivity index (χ4v) is 2.46. The number of nitrogens with zero attached hydrogens (tertiary/aromatic N) is 4. The second-order valence-corrected chi connectivity index (χ2v) is 5.51. The maximum Gasteiger partial charge on any atom is 0.422 e. The van der Waals surface area contributed by atoms with Gasteiger partial charge in [0.15, 0.2) is 6.61 Å². The van der Waals surface area contributed by atoms with Crippen molar-refractivity contribution < 1.29 is 17.9 Å². The average molecular weight is 363 g/mol. The maximum absolute atomic E-state index is 12.2. The van der Waals surface area contributed by atoms with Gasteiger partial charge in [-0.1, -0.05) is 12.1 Å². The molecular formula is C17H16F3N5O. The molecule has 136 valence electrons. The quantitative estimate of drug-likeness (QED) is 0.683. The summed E-state index contributed by atoms with van der Waals surface area (Å²) in [5, 5.41) is 10.8. The lowest BCUT2D eigenvalue weighted by atomic mass is 10.2. The van der Waals surface area contributed by atoms with Crippen LogP contribution in [0.25, 0.3) is 11.4 Å². The molecule has 3 rings (SSSR count). The van der Waals surface area contributed by atoms with Gasteiger partial charge in [-0.3, -0.25) is 4.99 Å². The van der Waals surface area contributed by atoms with Gasteiger partial charge in [0.1, 0.15) is 17.1 Å². The van der Waals surface area contributed by atoms with Crippen LogP contribution in [0, 0.1) is 0 Å². The molecule has 0 aliphatic carbocycles. The summed E-state index contributed by atoms with van der Waals surface area (Å²) in [6.07, 6.45) is -0.844. The number of halogens is 3. The Hall–Kier alpha value is -3.10. The van der Waals surface area contributed by atoms with E-state index in [4.69, 9.17) is 4.74 Å². The first-order chi connectivity index (χ1) is 12.5. The van der Waals surface area contributed by atoms with Crippen molar-refractivity contribution in [2.45, 2.75) is 12.7 Å². The highest BCUT2D eigenvalue weighted by molar-refractivity contribution is 5.85. The number of benzene rings is 1. The van der Waals surface area contributed by atoms with Crippen molar-refractivity contribution in [1.82, 2.24) is 20.0 Å². The predicted molar refractivity (Wildman–Crippen MR) is 90.4 cm³/mol. The lowest BCUT2D eigenvalue weighted by Gasteiger charge is -2.11. The monoisotopic (exact) mass is 363 g/mol. The molecule has 2 aromatic heterocycles. The van der Waals surface area contributed by atoms with Gasteiger partial charge in [-0.2, -0.15) is 28.6 Å². The van der Waals surface area contributed by atoms with E-state index in [0.717, 1.165) is 11.3 Å². The van der Waals surface area contributed by atoms with Crippen molar-refractivity contribution in [1.29, 1.82) is 0 Å². The van der Waals surface area contributed by atoms with E-state index in [1.165, 1.54) is 12.1 Å². The molecule has 0 unspecified atom stereocenters. The molecule has 26 heavy (non-hydrogen) atoms. The van der Waals surface area contributed by atoms with Crippen molar-refractivity contribution in [3.8, 4) is 17.1 Å². The molecule has 0 fully saturated rings. The standard InChI is InChI=1S/C17H16F3N5O/c1-21-9-14-16(23-24-22-14)15-3-2-8-25(15)10-12-4-6-13(7-5-12)26-11-17(18,19)20/h2-9H,10-11H2,1H3,(H,22,23,24). The Labute approximate surface area is 147 Å². The number of aromatic nitrogens is 4. The molecule has 0 saturated heterocycles. The minimum Gasteiger partial charge on any atom is -0.484 e. The van der Waals surface area contributed by atoms with Crippen LogP contribution in [0.1, 0.15) is 11.3 Å². The molecule has 0 radical (unpaired) electrons. The Kier molecular flexibility index (Phi) is 5.06. The molecule has 0 saturated carbocycles. The van der Waals surface area contributed by atoms with Gasteiger partial charge < -0.3 is 9.30 Å². The van der Waals surface area contributed by atoms with Crippen molar-refractivity contribution in [3.05, 3.63) is 53.9 Å². The smallest absolute Gasteiger partial charge is 0.422 e. The highest BCUT2D eigenvalue weighted by Crippen LogP contribution is 2.22. The maximum atomic E-state index is 12.2. The number of rotatable bonds is 6. The van der Waals surface area contributed by atoms with Crippen molar-refractivity contribution in [3.63, 3.8) is 0 Å². The number of hydrogen-bond acceptors (Lipinski definition) is 4. The first-order valence-electron chi connectivity index (χ1n) is 7.73. The summed E-state index contributed by atoms with van der Waals surface area (Å²) in [5.74, 6) is 0.178. The van der Waals surface area contributed by atoms with Crippen LogP contribution >= 0.6 is 0 Å². The summed E-state index contributed by atoms with van der Waals surface area (Å²) < 4.78 is 43.2. The van der Waals surface area contributed by atoms with Gasteiger partial charge in [-0.05, 0) is 29.8 Å². The van der Waals surface area contributed by atoms with Crippen LogP contribution in [0.5, 0.6) is 5.75 Å². The van der Waals surface area contributed by atoms with Crippen LogP contribution < -0.4 is 4.74 Å². The van der Waals surface area contributed by atoms with Crippen LogP contribution in [-0.4, -0.2) is 46.0 Å². The van der Waals surface area contributed by atoms with Gasteiger partial charge in [0.25, 0.3) is 0 Å². The van der Waals surface area contributed by atoms with Gasteiger partial charge >= 0.3 is 6.18 Å². The summed E-state index contributed by atoms with van der Waals surface area (Å²) >= 11 is 0. The summed E-state index contributed by atoms with van der Waals surface area (Å²) in [7, 11) is 1.65. The minimum absolute atomic E-state index is 0.178. The number of ether oxygens (including phenoxy) is 1. The molecule has 0 amide bonds. The molecular weight excluding hydrogens is 347 g/mol. The molecule has 2 heterocycles. The second kappa shape index (κ2) is 7.42. The number of nitrogens with one attached hydrogen (secondary N) is 1. The van der Waals surface area contributed by atoms with Crippen molar-refractivity contribution in [2.24, 2.45) is 4.99 Å². The normalized spacial score (nSPS) is 12.0. The Morgan fingerprint density at radius 2 is 1.96 bits per heavy atom. The van der Waals surface area contributed by atoms with E-state index >= 15 is 0 Å². The molecule has 1 N–H and O–H groups in total. The van der Waals surface area contributed by atoms with Gasteiger partial charge in [0.05, 0.1) is 11.9 Å². The third-order valence-electron chi connectivity index (χ3n) is 3.58. The zero-order valence-electron chi connectivity index (χ0n) is 13.9. The third-order valence-corrected chi connectivity index (χ3v) is 3.58. The van der Waals surface area contributed by atoms with E-state index in [2.05, 4.69) is 20.4 Å². The SMILES string of the molecule is CN=Cc1n[nH]nc1-c1cccn1Cc1ccc(OCC(F)(F)F)cc1. The topological polar surface area (TPSA) is 68.1 Å². The zero-order valence-corrected chi connectivity index (χ0v) is 13.9. The molecule has 6 nitrogen and oxygen atoms in total. The number of H-pyrrole nitrogens is 1. The molecule has 3 aromatic rings. The molecule has 1 aromatic carbocycles. The fraction of sp³-hybridized carbons (Fsp3) is 0.235. The number of hydrogen-bond donors (Lipinski definition) is 1. The van der Waals surface area contributed by atoms with Crippen LogP contribution in [0.4, 0.5) is 13.2 Å². The van der Waals surface area contributed by atoms with E-state index < -0.39 is 12.8 Å². The average Bonchev–Trinajstić information content (AvgIpc) is 3.23. The fourth-order valence-electron chi connectivity index (χ4n) is 2.46. The van der Waals surface area contributed by atoms with E-state index in [1.54, 1.807) is 25.4 Å². The summed E-state index contributed by atoms with van der Waals surface area (Å²) in [5.41, 5.74) is 3.07. The van der Waals surface area contributed by atoms with Gasteiger partial charge in [-0.25, -0.2) is 0 Å². The molecule has 0 aliphatic rings. The molecule has 9 heteroatoms. The zero-order chi connectivity index (χ0) is 18.6. The highest BCUT2D eigenvalue weighted by Gasteiger charge is 2.28. The summed E-state index contributed by atoms with van der Waals surface area (Å²) in [4.78, 5) is 3.96. The molecule has 0 spiro atoms. The van der Waals surface area contributed by atoms with Crippen LogP contribution in [0.2, 0.25) is 0 Å². The Balaban J connectivity index is 1.74. The van der Waals surface area contributed by atoms with Crippen LogP contribution in [0.3, 0.4) is 0 Å². The van der Waals surface area contributed by atoms with Gasteiger partial charge in [0, 0.05) is 19.8 Å². The minimum atomic E-state index is -4.35. The summed E-state index contributed by atoms with van der Waals surface area (Å²) in [6, 6.07) is 10.3. The van der Waals surface area contributed by atoms with Crippen LogP contribution in [-0.2, 0) is 6.54 Å². The summed E-state index contributed by atoms with van der Waals surface area (Å²) in [6.45, 7) is -0.778. The Morgan fingerprint density at radius 1 is 1.19 bits per heavy atom. The number of alkyl halides is 3. The first kappa shape index (κ1) is 17.7. The molecule has 0 bridgehead atoms. The second-order valence-electron chi connectivity index (χ2n) is 5.51. The lowest BCUT2D eigenvalue weighted by molar-refractivity contribution is -0.153. The van der Waals surface area contributed by atoms with E-state index in [0.29, 0.717) is 17.9 Å². The largest absolute Gasteiger partial charge is 0.484 e. The Bertz CT molecular complexity index is 880. The van der Waals surface area contributed by atoms with Gasteiger partial charge in [-0.15, -0.1) is 0 Å². The first-order valence-corrected chi connectivity index (χ1v) is 7.73. The Morgan fingerprint density at radius 3 is 2.65 bits per heavy atom. The molecule has 0 atom stereocenters. The van der Waals surface area contributed by atoms with Gasteiger partial charge in [0.2, 0.25) is 0 Å². The lowest BCUT2D eigenvalue weighted by Crippen LogP contribution is -2.19. The third kappa shape index (κ3) is 4.29.